The van der Waals surface area contributed by atoms with Crippen molar-refractivity contribution in [1.29, 1.82) is 0 Å². The summed E-state index contributed by atoms with van der Waals surface area (Å²) in [6.45, 7) is 0. The van der Waals surface area contributed by atoms with Crippen molar-refractivity contribution in [3.05, 3.63) is 0 Å². The Morgan fingerprint density at radius 1 is 1.28 bits per heavy atom. The molecule has 2 rings (SSSR count). The lowest BCUT2D eigenvalue weighted by molar-refractivity contribution is -0.147. The van der Waals surface area contributed by atoms with Crippen LogP contribution < -0.4 is 0 Å². The first kappa shape index (κ1) is 13.7. The predicted molar refractivity (Wildman–Crippen MR) is 67.0 cm³/mol. The van der Waals surface area contributed by atoms with Crippen molar-refractivity contribution in [1.82, 2.24) is 4.90 Å². The quantitative estimate of drug-likeness (QED) is 0.767. The molecule has 6 nitrogen and oxygen atoms in total. The summed E-state index contributed by atoms with van der Waals surface area (Å²) in [5.74, 6) is -0.980. The first-order valence-corrected chi connectivity index (χ1v) is 8.63. The molecule has 0 bridgehead atoms. The number of carboxylic acid groups (broad SMARTS) is 1. The summed E-state index contributed by atoms with van der Waals surface area (Å²) in [5, 5.41) is 7.97. The molecule has 2 unspecified atom stereocenters. The summed E-state index contributed by atoms with van der Waals surface area (Å²) >= 11 is 1.34. The molecule has 1 N–H and O–H groups in total. The Balaban J connectivity index is 2.18. The molecule has 0 radical (unpaired) electrons. The highest BCUT2D eigenvalue weighted by molar-refractivity contribution is 7.99. The Morgan fingerprint density at radius 3 is 2.61 bits per heavy atom. The summed E-state index contributed by atoms with van der Waals surface area (Å²) in [4.78, 5) is 24.4. The maximum atomic E-state index is 12.2. The van der Waals surface area contributed by atoms with E-state index in [4.69, 9.17) is 5.11 Å². The van der Waals surface area contributed by atoms with Crippen molar-refractivity contribution in [2.45, 2.75) is 30.6 Å². The zero-order valence-corrected chi connectivity index (χ0v) is 11.4. The second kappa shape index (κ2) is 5.08. The number of aliphatic carboxylic acids is 1. The van der Waals surface area contributed by atoms with Crippen LogP contribution in [0.2, 0.25) is 0 Å². The number of nitrogens with zero attached hydrogens (tertiary/aromatic N) is 1. The number of carbonyl (C=O) groups is 2. The third-order valence-electron chi connectivity index (χ3n) is 3.30. The average Bonchev–Trinajstić information content (AvgIpc) is 2.76. The van der Waals surface area contributed by atoms with Gasteiger partial charge < -0.3 is 10.0 Å². The van der Waals surface area contributed by atoms with Gasteiger partial charge in [-0.2, -0.15) is 0 Å². The van der Waals surface area contributed by atoms with E-state index in [2.05, 4.69) is 0 Å². The molecule has 102 valence electrons. The highest BCUT2D eigenvalue weighted by Crippen LogP contribution is 2.27. The fourth-order valence-electron chi connectivity index (χ4n) is 2.28. The van der Waals surface area contributed by atoms with Crippen LogP contribution >= 0.6 is 11.8 Å². The Labute approximate surface area is 110 Å². The van der Waals surface area contributed by atoms with Crippen LogP contribution in [0.3, 0.4) is 0 Å². The van der Waals surface area contributed by atoms with Crippen LogP contribution in [0.25, 0.3) is 0 Å². The Kier molecular flexibility index (Phi) is 3.86. The Bertz CT molecular complexity index is 461. The highest BCUT2D eigenvalue weighted by Gasteiger charge is 2.43. The maximum absolute atomic E-state index is 12.2. The first-order valence-electron chi connectivity index (χ1n) is 5.76. The van der Waals surface area contributed by atoms with Gasteiger partial charge in [-0.05, 0) is 12.8 Å². The van der Waals surface area contributed by atoms with E-state index in [1.54, 1.807) is 0 Å². The molecular formula is C10H15NO5S2. The van der Waals surface area contributed by atoms with Gasteiger partial charge in [-0.15, -0.1) is 11.8 Å². The van der Waals surface area contributed by atoms with E-state index in [-0.39, 0.29) is 11.6 Å². The van der Waals surface area contributed by atoms with Crippen molar-refractivity contribution < 1.29 is 23.1 Å². The van der Waals surface area contributed by atoms with Crippen LogP contribution in [-0.4, -0.2) is 59.0 Å². The number of thioether (sulfide) groups is 1. The predicted octanol–water partition coefficient (Wildman–Crippen LogP) is -0.0602. The molecule has 0 aromatic heterocycles. The number of hydrogen-bond donors (Lipinski definition) is 1. The van der Waals surface area contributed by atoms with Crippen LogP contribution in [0.1, 0.15) is 19.3 Å². The molecule has 0 saturated carbocycles. The number of rotatable bonds is 2. The van der Waals surface area contributed by atoms with Gasteiger partial charge in [0.25, 0.3) is 0 Å². The largest absolute Gasteiger partial charge is 0.480 e. The molecule has 0 aliphatic carbocycles. The smallest absolute Gasteiger partial charge is 0.327 e. The molecule has 1 amide bonds. The van der Waals surface area contributed by atoms with Gasteiger partial charge in [0.1, 0.15) is 11.3 Å². The number of carboxylic acids is 1. The number of amides is 1. The van der Waals surface area contributed by atoms with Crippen molar-refractivity contribution in [2.24, 2.45) is 0 Å². The molecule has 8 heteroatoms. The topological polar surface area (TPSA) is 91.8 Å². The Hall–Kier alpha value is -0.760. The van der Waals surface area contributed by atoms with E-state index >= 15 is 0 Å². The van der Waals surface area contributed by atoms with E-state index in [0.717, 1.165) is 0 Å². The monoisotopic (exact) mass is 293 g/mol. The second-order valence-corrected chi connectivity index (χ2v) is 7.82. The van der Waals surface area contributed by atoms with Gasteiger partial charge in [0.2, 0.25) is 5.91 Å². The summed E-state index contributed by atoms with van der Waals surface area (Å²) in [6, 6.07) is -0.889. The molecule has 0 aromatic rings. The standard InChI is InChI=1S/C10H15NO5S2/c12-9(8-3-1-2-4-18(8,15)16)11-6-17-5-7(11)10(13)14/h7-8H,1-6H2,(H,13,14). The minimum atomic E-state index is -3.40. The molecule has 2 aliphatic heterocycles. The van der Waals surface area contributed by atoms with Gasteiger partial charge in [-0.1, -0.05) is 6.42 Å². The van der Waals surface area contributed by atoms with E-state index < -0.39 is 33.0 Å². The van der Waals surface area contributed by atoms with E-state index in [1.165, 1.54) is 16.7 Å². The molecule has 18 heavy (non-hydrogen) atoms. The lowest BCUT2D eigenvalue weighted by atomic mass is 10.1. The third-order valence-corrected chi connectivity index (χ3v) is 6.48. The van der Waals surface area contributed by atoms with Gasteiger partial charge in [0, 0.05) is 5.75 Å². The van der Waals surface area contributed by atoms with Gasteiger partial charge in [-0.25, -0.2) is 13.2 Å². The minimum Gasteiger partial charge on any atom is -0.480 e. The van der Waals surface area contributed by atoms with Crippen molar-refractivity contribution in [3.63, 3.8) is 0 Å². The second-order valence-electron chi connectivity index (χ2n) is 4.51. The summed E-state index contributed by atoms with van der Waals surface area (Å²) in [5.41, 5.74) is 0. The molecular weight excluding hydrogens is 278 g/mol. The van der Waals surface area contributed by atoms with Crippen LogP contribution in [-0.2, 0) is 19.4 Å². The molecule has 2 atom stereocenters. The van der Waals surface area contributed by atoms with Crippen LogP contribution in [0.5, 0.6) is 0 Å². The zero-order valence-electron chi connectivity index (χ0n) is 9.74. The van der Waals surface area contributed by atoms with Crippen LogP contribution in [0.4, 0.5) is 0 Å². The molecule has 2 saturated heterocycles. The van der Waals surface area contributed by atoms with Gasteiger partial charge in [0.15, 0.2) is 9.84 Å². The summed E-state index contributed by atoms with van der Waals surface area (Å²) in [6.07, 6.45) is 1.60. The van der Waals surface area contributed by atoms with E-state index in [0.29, 0.717) is 25.0 Å². The minimum absolute atomic E-state index is 0.0299. The van der Waals surface area contributed by atoms with Gasteiger partial charge in [0.05, 0.1) is 11.6 Å². The van der Waals surface area contributed by atoms with Crippen molar-refractivity contribution in [3.8, 4) is 0 Å². The van der Waals surface area contributed by atoms with Crippen LogP contribution in [0, 0.1) is 0 Å². The molecule has 2 fully saturated rings. The lowest BCUT2D eigenvalue weighted by Gasteiger charge is -2.28. The maximum Gasteiger partial charge on any atom is 0.327 e. The highest BCUT2D eigenvalue weighted by atomic mass is 32.2. The van der Waals surface area contributed by atoms with Crippen LogP contribution in [0.15, 0.2) is 0 Å². The third kappa shape index (κ3) is 2.49. The lowest BCUT2D eigenvalue weighted by Crippen LogP contribution is -2.49. The SMILES string of the molecule is O=C(O)C1CSCN1C(=O)C1CCCCS1(=O)=O. The summed E-state index contributed by atoms with van der Waals surface area (Å²) < 4.78 is 23.7. The normalized spacial score (nSPS) is 31.2. The molecule has 0 aromatic carbocycles. The average molecular weight is 293 g/mol. The number of sulfone groups is 1. The fourth-order valence-corrected chi connectivity index (χ4v) is 5.30. The molecule has 0 spiro atoms. The summed E-state index contributed by atoms with van der Waals surface area (Å²) in [7, 11) is -3.40. The van der Waals surface area contributed by atoms with Crippen molar-refractivity contribution >= 4 is 33.5 Å². The number of hydrogen-bond acceptors (Lipinski definition) is 5. The fraction of sp³-hybridized carbons (Fsp3) is 0.800. The number of carbonyl (C=O) groups excluding carboxylic acids is 1. The van der Waals surface area contributed by atoms with Crippen molar-refractivity contribution in [2.75, 3.05) is 17.4 Å². The van der Waals surface area contributed by atoms with Gasteiger partial charge in [-0.3, -0.25) is 4.79 Å². The first-order chi connectivity index (χ1) is 8.43. The van der Waals surface area contributed by atoms with Gasteiger partial charge >= 0.3 is 5.97 Å². The van der Waals surface area contributed by atoms with E-state index in [1.807, 2.05) is 0 Å². The van der Waals surface area contributed by atoms with E-state index in [9.17, 15) is 18.0 Å². The molecule has 2 aliphatic rings. The Morgan fingerprint density at radius 2 is 2.00 bits per heavy atom. The zero-order chi connectivity index (χ0) is 13.3. The molecule has 2 heterocycles.